The highest BCUT2D eigenvalue weighted by Gasteiger charge is 2.43. The Morgan fingerprint density at radius 3 is 1.03 bits per heavy atom. The van der Waals surface area contributed by atoms with Gasteiger partial charge < -0.3 is 13.7 Å². The van der Waals surface area contributed by atoms with E-state index in [9.17, 15) is 0 Å². The van der Waals surface area contributed by atoms with Gasteiger partial charge in [-0.3, -0.25) is 0 Å². The Morgan fingerprint density at radius 2 is 0.559 bits per heavy atom. The van der Waals surface area contributed by atoms with Gasteiger partial charge >= 0.3 is 0 Å². The summed E-state index contributed by atoms with van der Waals surface area (Å²) in [6, 6.07) is 111. The molecule has 0 spiro atoms. The maximum atomic E-state index is 5.49. The Hall–Kier alpha value is -12.6. The van der Waals surface area contributed by atoms with Crippen LogP contribution in [0.4, 0.5) is 0 Å². The fourth-order valence-corrected chi connectivity index (χ4v) is 17.9. The predicted molar refractivity (Wildman–Crippen MR) is 422 cm³/mol. The Morgan fingerprint density at radius 1 is 0.235 bits per heavy atom. The lowest BCUT2D eigenvalue weighted by Crippen LogP contribution is -2.18. The van der Waals surface area contributed by atoms with Gasteiger partial charge in [-0.2, -0.15) is 0 Å². The summed E-state index contributed by atoms with van der Waals surface area (Å²) in [6.45, 7) is 14.0. The van der Waals surface area contributed by atoms with Crippen LogP contribution >= 0.6 is 0 Å². The third-order valence-corrected chi connectivity index (χ3v) is 22.5. The normalized spacial score (nSPS) is 14.0. The van der Waals surface area contributed by atoms with Crippen molar-refractivity contribution in [2.45, 2.75) is 57.8 Å². The van der Waals surface area contributed by atoms with Gasteiger partial charge in [0, 0.05) is 98.8 Å². The monoisotopic (exact) mass is 1310 g/mol. The number of benzene rings is 13. The summed E-state index contributed by atoms with van der Waals surface area (Å²) in [5.41, 5.74) is 30.8. The number of fused-ring (bicyclic) bond motifs is 20. The average molecular weight is 1310 g/mol. The van der Waals surface area contributed by atoms with Crippen LogP contribution in [0.5, 0.6) is 0 Å². The van der Waals surface area contributed by atoms with Crippen LogP contribution in [0.25, 0.3) is 161 Å². The first-order valence-corrected chi connectivity index (χ1v) is 35.5. The van der Waals surface area contributed by atoms with E-state index in [4.69, 9.17) is 19.9 Å². The summed E-state index contributed by atoms with van der Waals surface area (Å²) in [6.07, 6.45) is 0. The van der Waals surface area contributed by atoms with E-state index in [2.05, 4.69) is 352 Å². The quantitative estimate of drug-likeness (QED) is 0.159. The standard InChI is InChI=1S/C49H34N4.C46H35N3/c1-49(2)37-25-13-9-21-33(37)46-45(49)47(51-48(50-46)31-17-5-3-6-18-31)36-24-12-16-28-40(36)53-39-27-15-11-23-35(39)44-42(53)30-29-41-43(44)34-22-10-14-26-38(34)52(41)32-19-7-4-8-20-32;1-45(2)33-22-12-8-18-29(33)39-35(45)26-27-38-40(39)31-20-10-14-24-36(31)49(38)37-25-15-11-21-32(37)43-41-42(30-19-9-13-23-34(30)46(41,3)4)47-44(48-43)28-16-6-5-7-17-28/h3-30H,1-2H3;5-27H,1-4H3. The van der Waals surface area contributed by atoms with Crippen molar-refractivity contribution in [3.8, 4) is 96.0 Å². The Balaban J connectivity index is 0.000000137. The summed E-state index contributed by atoms with van der Waals surface area (Å²) in [5, 5.41) is 7.57. The number of aromatic nitrogens is 7. The Kier molecular flexibility index (Phi) is 13.0. The highest BCUT2D eigenvalue weighted by molar-refractivity contribution is 6.29. The fraction of sp³-hybridized carbons (Fsp3) is 0.0947. The predicted octanol–water partition coefficient (Wildman–Crippen LogP) is 23.8. The molecule has 0 atom stereocenters. The van der Waals surface area contributed by atoms with Crippen LogP contribution < -0.4 is 0 Å². The second-order valence-corrected chi connectivity index (χ2v) is 29.1. The van der Waals surface area contributed by atoms with Gasteiger partial charge in [0.05, 0.1) is 67.3 Å². The van der Waals surface area contributed by atoms with Crippen LogP contribution in [0, 0.1) is 0 Å². The molecular weight excluding hydrogens is 1240 g/mol. The van der Waals surface area contributed by atoms with Crippen molar-refractivity contribution in [3.05, 3.63) is 343 Å². The zero-order valence-corrected chi connectivity index (χ0v) is 57.6. The van der Waals surface area contributed by atoms with E-state index in [-0.39, 0.29) is 16.2 Å². The molecule has 5 aromatic heterocycles. The minimum Gasteiger partial charge on any atom is -0.309 e. The summed E-state index contributed by atoms with van der Waals surface area (Å²) in [7, 11) is 0. The van der Waals surface area contributed by atoms with Crippen LogP contribution in [0.1, 0.15) is 74.9 Å². The third-order valence-electron chi connectivity index (χ3n) is 22.5. The molecule has 7 nitrogen and oxygen atoms in total. The van der Waals surface area contributed by atoms with E-state index in [1.807, 2.05) is 12.1 Å². The van der Waals surface area contributed by atoms with Gasteiger partial charge in [0.1, 0.15) is 0 Å². The van der Waals surface area contributed by atoms with Crippen molar-refractivity contribution in [2.75, 3.05) is 0 Å². The summed E-state index contributed by atoms with van der Waals surface area (Å²) in [5.74, 6) is 1.48. The van der Waals surface area contributed by atoms with Crippen molar-refractivity contribution >= 4 is 65.4 Å². The van der Waals surface area contributed by atoms with Crippen molar-refractivity contribution in [3.63, 3.8) is 0 Å². The molecule has 7 heteroatoms. The molecule has 3 aliphatic carbocycles. The van der Waals surface area contributed by atoms with Crippen molar-refractivity contribution in [2.24, 2.45) is 0 Å². The molecule has 0 saturated carbocycles. The maximum absolute atomic E-state index is 5.49. The first-order chi connectivity index (χ1) is 49.9. The smallest absolute Gasteiger partial charge is 0.160 e. The van der Waals surface area contributed by atoms with Gasteiger partial charge in [0.2, 0.25) is 0 Å². The first kappa shape index (κ1) is 59.5. The molecule has 0 radical (unpaired) electrons. The maximum Gasteiger partial charge on any atom is 0.160 e. The summed E-state index contributed by atoms with van der Waals surface area (Å²) in [4.78, 5) is 21.6. The van der Waals surface area contributed by atoms with Gasteiger partial charge in [-0.1, -0.05) is 290 Å². The Bertz CT molecular complexity index is 6520. The van der Waals surface area contributed by atoms with E-state index in [0.717, 1.165) is 79.3 Å². The zero-order chi connectivity index (χ0) is 68.3. The van der Waals surface area contributed by atoms with E-state index in [1.165, 1.54) is 116 Å². The average Bonchev–Trinajstić information content (AvgIpc) is 1.54. The molecule has 102 heavy (non-hydrogen) atoms. The number of hydrogen-bond donors (Lipinski definition) is 0. The largest absolute Gasteiger partial charge is 0.309 e. The van der Waals surface area contributed by atoms with Crippen molar-refractivity contribution in [1.29, 1.82) is 0 Å². The lowest BCUT2D eigenvalue weighted by molar-refractivity contribution is 0.657. The summed E-state index contributed by atoms with van der Waals surface area (Å²) < 4.78 is 7.33. The highest BCUT2D eigenvalue weighted by atomic mass is 15.0. The van der Waals surface area contributed by atoms with Crippen LogP contribution in [-0.2, 0) is 16.2 Å². The van der Waals surface area contributed by atoms with Crippen LogP contribution in [0.3, 0.4) is 0 Å². The van der Waals surface area contributed by atoms with E-state index >= 15 is 0 Å². The van der Waals surface area contributed by atoms with E-state index in [1.54, 1.807) is 0 Å². The van der Waals surface area contributed by atoms with E-state index < -0.39 is 0 Å². The van der Waals surface area contributed by atoms with Gasteiger partial charge in [-0.25, -0.2) is 19.9 Å². The molecule has 0 bridgehead atoms. The lowest BCUT2D eigenvalue weighted by Gasteiger charge is -2.25. The number of nitrogens with zero attached hydrogens (tertiary/aromatic N) is 7. The lowest BCUT2D eigenvalue weighted by atomic mass is 9.80. The molecule has 484 valence electrons. The third kappa shape index (κ3) is 8.48. The van der Waals surface area contributed by atoms with Crippen LogP contribution in [-0.4, -0.2) is 33.6 Å². The minimum absolute atomic E-state index is 0.0723. The van der Waals surface area contributed by atoms with Crippen LogP contribution in [0.15, 0.2) is 309 Å². The molecule has 3 aliphatic rings. The molecule has 0 unspecified atom stereocenters. The first-order valence-electron chi connectivity index (χ1n) is 35.5. The van der Waals surface area contributed by atoms with Gasteiger partial charge in [0.15, 0.2) is 11.6 Å². The minimum atomic E-state index is -0.296. The van der Waals surface area contributed by atoms with Gasteiger partial charge in [-0.15, -0.1) is 0 Å². The van der Waals surface area contributed by atoms with Crippen LogP contribution in [0.2, 0.25) is 0 Å². The topological polar surface area (TPSA) is 66.3 Å². The molecule has 13 aromatic carbocycles. The van der Waals surface area contributed by atoms with E-state index in [0.29, 0.717) is 0 Å². The number of para-hydroxylation sites is 6. The molecule has 0 fully saturated rings. The molecule has 18 aromatic rings. The van der Waals surface area contributed by atoms with Gasteiger partial charge in [0.25, 0.3) is 0 Å². The fourth-order valence-electron chi connectivity index (χ4n) is 17.9. The highest BCUT2D eigenvalue weighted by Crippen LogP contribution is 2.57. The second-order valence-electron chi connectivity index (χ2n) is 29.1. The number of rotatable bonds is 7. The summed E-state index contributed by atoms with van der Waals surface area (Å²) >= 11 is 0. The van der Waals surface area contributed by atoms with Crippen molar-refractivity contribution < 1.29 is 0 Å². The SMILES string of the molecule is CC1(C)c2ccccc2-c2c1ccc1c2c2ccccc2n1-c1ccccc1-c1nc(-c2ccccc2)nc2c1C(C)(C)c1ccccc1-2.CC1(C)c2ccccc2-c2nc(-c3ccccc3)nc(-c3ccccc3-n3c4ccccc4c4c5c6ccccc6n(-c6ccccc6)c5ccc43)c21. The molecule has 5 heterocycles. The van der Waals surface area contributed by atoms with Crippen molar-refractivity contribution in [1.82, 2.24) is 33.6 Å². The molecule has 0 saturated heterocycles. The number of hydrogen-bond acceptors (Lipinski definition) is 4. The molecular formula is C95H69N7. The molecule has 0 amide bonds. The molecule has 0 N–H and O–H groups in total. The Labute approximate surface area is 592 Å². The van der Waals surface area contributed by atoms with Gasteiger partial charge in [-0.05, 0) is 94.0 Å². The second kappa shape index (κ2) is 22.2. The zero-order valence-electron chi connectivity index (χ0n) is 57.6. The molecule has 21 rings (SSSR count). The molecule has 0 aliphatic heterocycles.